The van der Waals surface area contributed by atoms with E-state index in [-0.39, 0.29) is 10.6 Å². The number of fused-ring (bicyclic) bond motifs is 1. The lowest BCUT2D eigenvalue weighted by atomic mass is 10.2. The smallest absolute Gasteiger partial charge is 0.274 e. The highest BCUT2D eigenvalue weighted by molar-refractivity contribution is 6.38. The molecular formula is C15H10Cl2N2O2. The molecule has 0 spiro atoms. The zero-order valence-corrected chi connectivity index (χ0v) is 12.3. The highest BCUT2D eigenvalue weighted by Crippen LogP contribution is 2.30. The van der Waals surface area contributed by atoms with Gasteiger partial charge in [-0.05, 0) is 18.2 Å². The Balaban J connectivity index is 2.09. The molecule has 0 atom stereocenters. The molecule has 0 saturated carbocycles. The lowest BCUT2D eigenvalue weighted by Gasteiger charge is -2.07. The monoisotopic (exact) mass is 320 g/mol. The van der Waals surface area contributed by atoms with Gasteiger partial charge >= 0.3 is 0 Å². The number of nitro benzene ring substituents is 1. The molecule has 0 amide bonds. The molecule has 0 N–H and O–H groups in total. The second-order valence-corrected chi connectivity index (χ2v) is 5.49. The van der Waals surface area contributed by atoms with E-state index < -0.39 is 0 Å². The molecule has 1 aromatic heterocycles. The highest BCUT2D eigenvalue weighted by atomic mass is 35.5. The Labute approximate surface area is 130 Å². The minimum atomic E-state index is -0.374. The van der Waals surface area contributed by atoms with E-state index in [4.69, 9.17) is 23.2 Å². The van der Waals surface area contributed by atoms with Crippen LogP contribution < -0.4 is 0 Å². The summed E-state index contributed by atoms with van der Waals surface area (Å²) in [6, 6.07) is 12.1. The van der Waals surface area contributed by atoms with Crippen molar-refractivity contribution >= 4 is 39.8 Å². The first-order valence-corrected chi connectivity index (χ1v) is 6.98. The standard InChI is InChI=1S/C15H10Cl2N2O2/c16-11-7-13(17)12-5-6-18(15(12)8-11)9-10-3-1-2-4-14(10)19(20)21/h1-8H,9H2. The predicted molar refractivity (Wildman–Crippen MR) is 84.2 cm³/mol. The summed E-state index contributed by atoms with van der Waals surface area (Å²) in [5.74, 6) is 0. The lowest BCUT2D eigenvalue weighted by Crippen LogP contribution is -2.01. The van der Waals surface area contributed by atoms with Gasteiger partial charge in [0.25, 0.3) is 5.69 Å². The number of hydrogen-bond donors (Lipinski definition) is 0. The van der Waals surface area contributed by atoms with Gasteiger partial charge in [-0.15, -0.1) is 0 Å². The summed E-state index contributed by atoms with van der Waals surface area (Å²) in [6.07, 6.45) is 1.85. The van der Waals surface area contributed by atoms with Crippen molar-refractivity contribution in [3.05, 3.63) is 74.4 Å². The molecule has 0 bridgehead atoms. The van der Waals surface area contributed by atoms with E-state index in [1.807, 2.05) is 16.8 Å². The molecule has 3 rings (SSSR count). The zero-order valence-electron chi connectivity index (χ0n) is 10.8. The summed E-state index contributed by atoms with van der Waals surface area (Å²) in [7, 11) is 0. The van der Waals surface area contributed by atoms with Crippen LogP contribution in [0.25, 0.3) is 10.9 Å². The van der Waals surface area contributed by atoms with Crippen molar-refractivity contribution in [1.82, 2.24) is 4.57 Å². The lowest BCUT2D eigenvalue weighted by molar-refractivity contribution is -0.385. The number of benzene rings is 2. The number of nitro groups is 1. The molecule has 0 radical (unpaired) electrons. The van der Waals surface area contributed by atoms with Crippen LogP contribution >= 0.6 is 23.2 Å². The van der Waals surface area contributed by atoms with Crippen molar-refractivity contribution in [2.75, 3.05) is 0 Å². The van der Waals surface area contributed by atoms with Gasteiger partial charge in [0.2, 0.25) is 0 Å². The summed E-state index contributed by atoms with van der Waals surface area (Å²) >= 11 is 12.2. The average molecular weight is 321 g/mol. The van der Waals surface area contributed by atoms with Gasteiger partial charge in [-0.25, -0.2) is 0 Å². The van der Waals surface area contributed by atoms with Gasteiger partial charge in [0.1, 0.15) is 0 Å². The summed E-state index contributed by atoms with van der Waals surface area (Å²) in [4.78, 5) is 10.7. The van der Waals surface area contributed by atoms with Crippen LogP contribution in [0.15, 0.2) is 48.7 Å². The fraction of sp³-hybridized carbons (Fsp3) is 0.0667. The Kier molecular flexibility index (Phi) is 3.57. The minimum Gasteiger partial charge on any atom is -0.343 e. The number of hydrogen-bond acceptors (Lipinski definition) is 2. The van der Waals surface area contributed by atoms with Gasteiger partial charge in [0.15, 0.2) is 0 Å². The summed E-state index contributed by atoms with van der Waals surface area (Å²) in [5.41, 5.74) is 1.59. The summed E-state index contributed by atoms with van der Waals surface area (Å²) < 4.78 is 1.90. The summed E-state index contributed by atoms with van der Waals surface area (Å²) in [5, 5.41) is 13.1. The second kappa shape index (κ2) is 5.39. The molecule has 0 fully saturated rings. The Morgan fingerprint density at radius 3 is 2.67 bits per heavy atom. The van der Waals surface area contributed by atoms with Crippen molar-refractivity contribution in [2.45, 2.75) is 6.54 Å². The highest BCUT2D eigenvalue weighted by Gasteiger charge is 2.14. The van der Waals surface area contributed by atoms with Crippen LogP contribution in [0.1, 0.15) is 5.56 Å². The molecule has 0 unspecified atom stereocenters. The third kappa shape index (κ3) is 2.60. The maximum atomic E-state index is 11.1. The van der Waals surface area contributed by atoms with E-state index >= 15 is 0 Å². The zero-order chi connectivity index (χ0) is 15.0. The maximum absolute atomic E-state index is 11.1. The van der Waals surface area contributed by atoms with Gasteiger partial charge in [-0.3, -0.25) is 10.1 Å². The maximum Gasteiger partial charge on any atom is 0.274 e. The first kappa shape index (κ1) is 13.9. The van der Waals surface area contributed by atoms with Crippen molar-refractivity contribution in [2.24, 2.45) is 0 Å². The molecule has 1 heterocycles. The topological polar surface area (TPSA) is 48.1 Å². The van der Waals surface area contributed by atoms with Gasteiger partial charge < -0.3 is 4.57 Å². The molecule has 4 nitrogen and oxygen atoms in total. The first-order chi connectivity index (χ1) is 10.1. The van der Waals surface area contributed by atoms with E-state index in [0.717, 1.165) is 10.9 Å². The fourth-order valence-corrected chi connectivity index (χ4v) is 2.91. The Morgan fingerprint density at radius 1 is 1.14 bits per heavy atom. The second-order valence-electron chi connectivity index (χ2n) is 4.65. The molecule has 3 aromatic rings. The molecule has 2 aromatic carbocycles. The first-order valence-electron chi connectivity index (χ1n) is 6.22. The van der Waals surface area contributed by atoms with Crippen LogP contribution in [0.4, 0.5) is 5.69 Å². The molecule has 0 saturated heterocycles. The number of aromatic nitrogens is 1. The Morgan fingerprint density at radius 2 is 1.90 bits per heavy atom. The molecule has 6 heteroatoms. The van der Waals surface area contributed by atoms with Gasteiger partial charge in [0.05, 0.1) is 22.0 Å². The van der Waals surface area contributed by atoms with E-state index in [9.17, 15) is 10.1 Å². The van der Waals surface area contributed by atoms with E-state index in [2.05, 4.69) is 0 Å². The summed E-state index contributed by atoms with van der Waals surface area (Å²) in [6.45, 7) is 0.386. The quantitative estimate of drug-likeness (QED) is 0.508. The average Bonchev–Trinajstić information content (AvgIpc) is 2.82. The van der Waals surface area contributed by atoms with Crippen molar-refractivity contribution < 1.29 is 4.92 Å². The molecule has 21 heavy (non-hydrogen) atoms. The van der Waals surface area contributed by atoms with E-state index in [0.29, 0.717) is 22.2 Å². The molecule has 0 aliphatic rings. The van der Waals surface area contributed by atoms with Gasteiger partial charge in [-0.2, -0.15) is 0 Å². The largest absolute Gasteiger partial charge is 0.343 e. The number of halogens is 2. The van der Waals surface area contributed by atoms with E-state index in [1.54, 1.807) is 30.3 Å². The van der Waals surface area contributed by atoms with Gasteiger partial charge in [0, 0.05) is 28.2 Å². The number of para-hydroxylation sites is 1. The van der Waals surface area contributed by atoms with Gasteiger partial charge in [-0.1, -0.05) is 41.4 Å². The van der Waals surface area contributed by atoms with Crippen molar-refractivity contribution in [3.63, 3.8) is 0 Å². The van der Waals surface area contributed by atoms with E-state index in [1.165, 1.54) is 6.07 Å². The molecule has 0 aliphatic carbocycles. The molecular weight excluding hydrogens is 311 g/mol. The van der Waals surface area contributed by atoms with Crippen LogP contribution in [0.2, 0.25) is 10.0 Å². The molecule has 106 valence electrons. The third-order valence-electron chi connectivity index (χ3n) is 3.33. The van der Waals surface area contributed by atoms with Crippen molar-refractivity contribution in [1.29, 1.82) is 0 Å². The predicted octanol–water partition coefficient (Wildman–Crippen LogP) is 4.90. The Hall–Kier alpha value is -2.04. The Bertz CT molecular complexity index is 843. The van der Waals surface area contributed by atoms with Crippen LogP contribution in [-0.2, 0) is 6.54 Å². The third-order valence-corrected chi connectivity index (χ3v) is 3.86. The normalized spacial score (nSPS) is 11.0. The number of nitrogens with zero attached hydrogens (tertiary/aromatic N) is 2. The molecule has 0 aliphatic heterocycles. The van der Waals surface area contributed by atoms with Crippen LogP contribution in [-0.4, -0.2) is 9.49 Å². The van der Waals surface area contributed by atoms with Crippen LogP contribution in [0, 0.1) is 10.1 Å². The van der Waals surface area contributed by atoms with Crippen LogP contribution in [0.3, 0.4) is 0 Å². The minimum absolute atomic E-state index is 0.104. The van der Waals surface area contributed by atoms with Crippen LogP contribution in [0.5, 0.6) is 0 Å². The van der Waals surface area contributed by atoms with Crippen molar-refractivity contribution in [3.8, 4) is 0 Å². The SMILES string of the molecule is O=[N+]([O-])c1ccccc1Cn1ccc2c(Cl)cc(Cl)cc21. The fourth-order valence-electron chi connectivity index (χ4n) is 2.36. The number of rotatable bonds is 3.